The molecule has 2 unspecified atom stereocenters. The maximum absolute atomic E-state index is 4.22. The Morgan fingerprint density at radius 1 is 1.43 bits per heavy atom. The van der Waals surface area contributed by atoms with Gasteiger partial charge in [0.2, 0.25) is 0 Å². The Labute approximate surface area is 86.5 Å². The molecule has 0 aliphatic heterocycles. The first-order valence-electron chi connectivity index (χ1n) is 5.46. The van der Waals surface area contributed by atoms with E-state index >= 15 is 0 Å². The first kappa shape index (κ1) is 11.2. The van der Waals surface area contributed by atoms with Gasteiger partial charge in [0.1, 0.15) is 0 Å². The highest BCUT2D eigenvalue weighted by Crippen LogP contribution is 2.02. The Balaban J connectivity index is 2.24. The van der Waals surface area contributed by atoms with Crippen LogP contribution in [0.5, 0.6) is 0 Å². The van der Waals surface area contributed by atoms with Crippen LogP contribution in [0.25, 0.3) is 0 Å². The second-order valence-electron chi connectivity index (χ2n) is 3.93. The number of nitrogens with zero attached hydrogens (tertiary/aromatic N) is 2. The lowest BCUT2D eigenvalue weighted by Gasteiger charge is -2.17. The molecule has 1 aromatic heterocycles. The van der Waals surface area contributed by atoms with Crippen LogP contribution in [0.1, 0.15) is 39.7 Å². The highest BCUT2D eigenvalue weighted by molar-refractivity contribution is 4.81. The van der Waals surface area contributed by atoms with Gasteiger partial charge in [-0.25, -0.2) is 0 Å². The van der Waals surface area contributed by atoms with Crippen molar-refractivity contribution in [1.82, 2.24) is 15.1 Å². The first-order valence-corrected chi connectivity index (χ1v) is 5.46. The van der Waals surface area contributed by atoms with E-state index in [9.17, 15) is 0 Å². The van der Waals surface area contributed by atoms with E-state index in [2.05, 4.69) is 31.2 Å². The van der Waals surface area contributed by atoms with Crippen molar-refractivity contribution in [1.29, 1.82) is 0 Å². The Kier molecular flexibility index (Phi) is 4.66. The van der Waals surface area contributed by atoms with Crippen molar-refractivity contribution in [2.24, 2.45) is 0 Å². The van der Waals surface area contributed by atoms with Gasteiger partial charge in [-0.05, 0) is 26.3 Å². The van der Waals surface area contributed by atoms with E-state index in [-0.39, 0.29) is 0 Å². The van der Waals surface area contributed by atoms with Gasteiger partial charge in [-0.3, -0.25) is 4.68 Å². The summed E-state index contributed by atoms with van der Waals surface area (Å²) >= 11 is 0. The van der Waals surface area contributed by atoms with Crippen molar-refractivity contribution < 1.29 is 0 Å². The molecule has 2 atom stereocenters. The lowest BCUT2D eigenvalue weighted by molar-refractivity contribution is 0.412. The zero-order valence-electron chi connectivity index (χ0n) is 9.40. The molecule has 0 amide bonds. The van der Waals surface area contributed by atoms with E-state index in [0.29, 0.717) is 12.1 Å². The average Bonchev–Trinajstić information content (AvgIpc) is 2.67. The summed E-state index contributed by atoms with van der Waals surface area (Å²) in [6, 6.07) is 3.01. The highest BCUT2D eigenvalue weighted by Gasteiger charge is 2.05. The molecule has 1 heterocycles. The van der Waals surface area contributed by atoms with Crippen LogP contribution < -0.4 is 5.32 Å². The van der Waals surface area contributed by atoms with Crippen LogP contribution in [0, 0.1) is 0 Å². The third-order valence-electron chi connectivity index (χ3n) is 2.46. The van der Waals surface area contributed by atoms with E-state index in [1.807, 2.05) is 23.1 Å². The van der Waals surface area contributed by atoms with Crippen LogP contribution in [0.2, 0.25) is 0 Å². The van der Waals surface area contributed by atoms with Gasteiger partial charge < -0.3 is 5.32 Å². The van der Waals surface area contributed by atoms with Crippen molar-refractivity contribution in [3.05, 3.63) is 18.5 Å². The fraction of sp³-hybridized carbons (Fsp3) is 0.727. The van der Waals surface area contributed by atoms with Gasteiger partial charge in [0.25, 0.3) is 0 Å². The number of hydrogen-bond acceptors (Lipinski definition) is 2. The van der Waals surface area contributed by atoms with Crippen molar-refractivity contribution in [3.63, 3.8) is 0 Å². The lowest BCUT2D eigenvalue weighted by atomic mass is 10.2. The number of nitrogens with one attached hydrogen (secondary N) is 1. The lowest BCUT2D eigenvalue weighted by Crippen LogP contribution is -2.31. The molecule has 0 fully saturated rings. The predicted octanol–water partition coefficient (Wildman–Crippen LogP) is 2.22. The van der Waals surface area contributed by atoms with Crippen LogP contribution in [0.15, 0.2) is 18.5 Å². The molecule has 1 aromatic rings. The van der Waals surface area contributed by atoms with Crippen LogP contribution in [-0.2, 0) is 0 Å². The normalized spacial score (nSPS) is 15.4. The van der Waals surface area contributed by atoms with Crippen molar-refractivity contribution in [2.45, 2.75) is 45.7 Å². The summed E-state index contributed by atoms with van der Waals surface area (Å²) in [7, 11) is 0. The van der Waals surface area contributed by atoms with Crippen molar-refractivity contribution >= 4 is 0 Å². The van der Waals surface area contributed by atoms with Gasteiger partial charge in [0.05, 0.1) is 6.04 Å². The fourth-order valence-electron chi connectivity index (χ4n) is 1.54. The molecular formula is C11H21N3. The topological polar surface area (TPSA) is 29.9 Å². The minimum atomic E-state index is 0.435. The molecule has 3 nitrogen and oxygen atoms in total. The number of hydrogen-bond donors (Lipinski definition) is 1. The molecule has 0 spiro atoms. The minimum Gasteiger partial charge on any atom is -0.312 e. The van der Waals surface area contributed by atoms with Gasteiger partial charge in [-0.2, -0.15) is 5.10 Å². The monoisotopic (exact) mass is 195 g/mol. The molecule has 3 heteroatoms. The summed E-state index contributed by atoms with van der Waals surface area (Å²) in [4.78, 5) is 0. The average molecular weight is 195 g/mol. The molecule has 0 saturated carbocycles. The molecule has 1 N–H and O–H groups in total. The summed E-state index contributed by atoms with van der Waals surface area (Å²) in [5.74, 6) is 0. The molecule has 14 heavy (non-hydrogen) atoms. The predicted molar refractivity (Wildman–Crippen MR) is 59.3 cm³/mol. The van der Waals surface area contributed by atoms with Gasteiger partial charge in [0.15, 0.2) is 0 Å². The minimum absolute atomic E-state index is 0.435. The first-order chi connectivity index (χ1) is 6.74. The largest absolute Gasteiger partial charge is 0.312 e. The zero-order chi connectivity index (χ0) is 10.4. The second kappa shape index (κ2) is 5.81. The van der Waals surface area contributed by atoms with Gasteiger partial charge in [-0.1, -0.05) is 13.3 Å². The smallest absolute Gasteiger partial charge is 0.0615 e. The molecule has 0 aromatic carbocycles. The maximum Gasteiger partial charge on any atom is 0.0615 e. The molecule has 0 saturated heterocycles. The molecule has 0 bridgehead atoms. The van der Waals surface area contributed by atoms with E-state index in [0.717, 1.165) is 6.54 Å². The SMILES string of the molecule is CCCC(C)NCC(C)n1cccn1. The zero-order valence-corrected chi connectivity index (χ0v) is 9.40. The summed E-state index contributed by atoms with van der Waals surface area (Å²) in [5, 5.41) is 7.73. The van der Waals surface area contributed by atoms with E-state index in [1.54, 1.807) is 0 Å². The van der Waals surface area contributed by atoms with E-state index in [4.69, 9.17) is 0 Å². The van der Waals surface area contributed by atoms with Crippen LogP contribution in [-0.4, -0.2) is 22.4 Å². The van der Waals surface area contributed by atoms with Crippen LogP contribution in [0.4, 0.5) is 0 Å². The van der Waals surface area contributed by atoms with Crippen LogP contribution in [0.3, 0.4) is 0 Å². The Hall–Kier alpha value is -0.830. The Bertz CT molecular complexity index is 231. The van der Waals surface area contributed by atoms with Crippen LogP contribution >= 0.6 is 0 Å². The summed E-state index contributed by atoms with van der Waals surface area (Å²) in [6.07, 6.45) is 6.32. The summed E-state index contributed by atoms with van der Waals surface area (Å²) < 4.78 is 1.99. The van der Waals surface area contributed by atoms with E-state index in [1.165, 1.54) is 12.8 Å². The molecule has 0 aliphatic carbocycles. The third-order valence-corrected chi connectivity index (χ3v) is 2.46. The summed E-state index contributed by atoms with van der Waals surface area (Å²) in [5.41, 5.74) is 0. The fourth-order valence-corrected chi connectivity index (χ4v) is 1.54. The third kappa shape index (κ3) is 3.50. The molecule has 0 radical (unpaired) electrons. The van der Waals surface area contributed by atoms with Gasteiger partial charge in [-0.15, -0.1) is 0 Å². The molecule has 0 aliphatic rings. The highest BCUT2D eigenvalue weighted by atomic mass is 15.3. The summed E-state index contributed by atoms with van der Waals surface area (Å²) in [6.45, 7) is 7.62. The Morgan fingerprint density at radius 2 is 2.21 bits per heavy atom. The van der Waals surface area contributed by atoms with Crippen molar-refractivity contribution in [3.8, 4) is 0 Å². The van der Waals surface area contributed by atoms with Crippen molar-refractivity contribution in [2.75, 3.05) is 6.54 Å². The molecule has 80 valence electrons. The van der Waals surface area contributed by atoms with E-state index < -0.39 is 0 Å². The van der Waals surface area contributed by atoms with Gasteiger partial charge >= 0.3 is 0 Å². The molecular weight excluding hydrogens is 174 g/mol. The molecule has 1 rings (SSSR count). The standard InChI is InChI=1S/C11H21N3/c1-4-6-10(2)12-9-11(3)14-8-5-7-13-14/h5,7-8,10-12H,4,6,9H2,1-3H3. The number of rotatable bonds is 6. The number of aromatic nitrogens is 2. The maximum atomic E-state index is 4.22. The Morgan fingerprint density at radius 3 is 2.79 bits per heavy atom. The van der Waals surface area contributed by atoms with Gasteiger partial charge in [0, 0.05) is 25.0 Å². The quantitative estimate of drug-likeness (QED) is 0.754. The second-order valence-corrected chi connectivity index (χ2v) is 3.93.